The molecule has 0 atom stereocenters. The summed E-state index contributed by atoms with van der Waals surface area (Å²) in [7, 11) is 0. The molecule has 0 saturated carbocycles. The molecule has 0 unspecified atom stereocenters. The Morgan fingerprint density at radius 1 is 1.31 bits per heavy atom. The first-order valence-electron chi connectivity index (χ1n) is 3.93. The van der Waals surface area contributed by atoms with E-state index in [2.05, 4.69) is 10.2 Å². The molecule has 1 aromatic carbocycles. The number of azo groups is 1. The van der Waals surface area contributed by atoms with Crippen molar-refractivity contribution in [2.75, 3.05) is 6.54 Å². The van der Waals surface area contributed by atoms with Crippen LogP contribution in [0.1, 0.15) is 6.42 Å². The molecule has 0 fully saturated rings. The number of hydrogen-bond donors (Lipinski definition) is 1. The Morgan fingerprint density at radius 2 is 2.00 bits per heavy atom. The molecular weight excluding hydrogens is 168 g/mol. The minimum absolute atomic E-state index is 0.0241. The average molecular weight is 178 g/mol. The lowest BCUT2D eigenvalue weighted by Gasteiger charge is -1.89. The Balaban J connectivity index is 2.37. The Bertz CT molecular complexity index is 296. The largest absolute Gasteiger partial charge is 0.481 e. The van der Waals surface area contributed by atoms with Crippen LogP contribution >= 0.6 is 0 Å². The second-order valence-electron chi connectivity index (χ2n) is 2.44. The third-order valence-corrected chi connectivity index (χ3v) is 1.37. The first-order chi connectivity index (χ1) is 6.29. The van der Waals surface area contributed by atoms with E-state index in [1.54, 1.807) is 0 Å². The van der Waals surface area contributed by atoms with Crippen molar-refractivity contribution in [1.82, 2.24) is 0 Å². The van der Waals surface area contributed by atoms with Crippen molar-refractivity contribution >= 4 is 11.7 Å². The Kier molecular flexibility index (Phi) is 3.63. The number of carboxylic acids is 1. The van der Waals surface area contributed by atoms with E-state index in [0.717, 1.165) is 5.69 Å². The van der Waals surface area contributed by atoms with Gasteiger partial charge in [-0.15, -0.1) is 0 Å². The normalized spacial score (nSPS) is 10.5. The van der Waals surface area contributed by atoms with Gasteiger partial charge in [-0.05, 0) is 12.1 Å². The lowest BCUT2D eigenvalue weighted by Crippen LogP contribution is -1.95. The van der Waals surface area contributed by atoms with Gasteiger partial charge in [0.2, 0.25) is 0 Å². The fourth-order valence-electron chi connectivity index (χ4n) is 0.772. The van der Waals surface area contributed by atoms with Crippen molar-refractivity contribution in [2.24, 2.45) is 10.2 Å². The summed E-state index contributed by atoms with van der Waals surface area (Å²) in [5, 5.41) is 15.9. The highest BCUT2D eigenvalue weighted by atomic mass is 16.4. The molecule has 0 bridgehead atoms. The maximum absolute atomic E-state index is 10.1. The molecule has 0 aliphatic carbocycles. The van der Waals surface area contributed by atoms with Crippen LogP contribution in [0.5, 0.6) is 0 Å². The predicted molar refractivity (Wildman–Crippen MR) is 48.1 cm³/mol. The van der Waals surface area contributed by atoms with Crippen LogP contribution in [0.15, 0.2) is 40.6 Å². The molecule has 0 amide bonds. The monoisotopic (exact) mass is 178 g/mol. The zero-order chi connectivity index (χ0) is 9.52. The molecule has 1 aromatic rings. The number of rotatable bonds is 4. The average Bonchev–Trinajstić information content (AvgIpc) is 2.14. The van der Waals surface area contributed by atoms with Crippen LogP contribution < -0.4 is 0 Å². The molecule has 13 heavy (non-hydrogen) atoms. The minimum Gasteiger partial charge on any atom is -0.481 e. The van der Waals surface area contributed by atoms with E-state index in [1.807, 2.05) is 30.3 Å². The third kappa shape index (κ3) is 4.00. The van der Waals surface area contributed by atoms with Crippen molar-refractivity contribution in [3.8, 4) is 0 Å². The van der Waals surface area contributed by atoms with Crippen molar-refractivity contribution < 1.29 is 9.90 Å². The molecular formula is C9H10N2O2. The summed E-state index contributed by atoms with van der Waals surface area (Å²) in [6, 6.07) is 9.21. The highest BCUT2D eigenvalue weighted by Crippen LogP contribution is 2.09. The van der Waals surface area contributed by atoms with Crippen LogP contribution in [-0.2, 0) is 4.79 Å². The first-order valence-corrected chi connectivity index (χ1v) is 3.93. The molecule has 68 valence electrons. The number of hydrogen-bond acceptors (Lipinski definition) is 3. The van der Waals surface area contributed by atoms with Gasteiger partial charge in [-0.2, -0.15) is 10.2 Å². The number of carbonyl (C=O) groups is 1. The first kappa shape index (κ1) is 9.38. The topological polar surface area (TPSA) is 62.0 Å². The van der Waals surface area contributed by atoms with E-state index < -0.39 is 5.97 Å². The van der Waals surface area contributed by atoms with E-state index in [1.165, 1.54) is 0 Å². The van der Waals surface area contributed by atoms with Gasteiger partial charge in [0.15, 0.2) is 0 Å². The van der Waals surface area contributed by atoms with Crippen LogP contribution in [0, 0.1) is 0 Å². The SMILES string of the molecule is O=C(O)CCN=Nc1ccccc1. The highest BCUT2D eigenvalue weighted by molar-refractivity contribution is 5.66. The molecule has 4 heteroatoms. The molecule has 0 aromatic heterocycles. The maximum Gasteiger partial charge on any atom is 0.305 e. The van der Waals surface area contributed by atoms with Gasteiger partial charge in [-0.25, -0.2) is 0 Å². The molecule has 0 saturated heterocycles. The van der Waals surface area contributed by atoms with Crippen LogP contribution in [0.3, 0.4) is 0 Å². The molecule has 0 spiro atoms. The molecule has 0 aliphatic heterocycles. The van der Waals surface area contributed by atoms with Gasteiger partial charge in [0.05, 0.1) is 18.7 Å². The number of nitrogens with zero attached hydrogens (tertiary/aromatic N) is 2. The van der Waals surface area contributed by atoms with Crippen LogP contribution in [0.4, 0.5) is 5.69 Å². The molecule has 1 rings (SSSR count). The van der Waals surface area contributed by atoms with E-state index in [-0.39, 0.29) is 13.0 Å². The quantitative estimate of drug-likeness (QED) is 0.718. The zero-order valence-electron chi connectivity index (χ0n) is 7.05. The van der Waals surface area contributed by atoms with Gasteiger partial charge in [0, 0.05) is 0 Å². The summed E-state index contributed by atoms with van der Waals surface area (Å²) in [6.07, 6.45) is 0.0241. The number of carboxylic acid groups (broad SMARTS) is 1. The fraction of sp³-hybridized carbons (Fsp3) is 0.222. The van der Waals surface area contributed by atoms with Gasteiger partial charge in [0.1, 0.15) is 0 Å². The van der Waals surface area contributed by atoms with Gasteiger partial charge in [-0.3, -0.25) is 4.79 Å². The lowest BCUT2D eigenvalue weighted by atomic mass is 10.3. The highest BCUT2D eigenvalue weighted by Gasteiger charge is 1.93. The Labute approximate surface area is 75.9 Å². The number of aliphatic carboxylic acids is 1. The van der Waals surface area contributed by atoms with E-state index in [0.29, 0.717) is 0 Å². The summed E-state index contributed by atoms with van der Waals surface area (Å²) in [5.74, 6) is -0.855. The Morgan fingerprint density at radius 3 is 2.62 bits per heavy atom. The van der Waals surface area contributed by atoms with Crippen molar-refractivity contribution in [2.45, 2.75) is 6.42 Å². The predicted octanol–water partition coefficient (Wildman–Crippen LogP) is 2.25. The van der Waals surface area contributed by atoms with Crippen LogP contribution in [-0.4, -0.2) is 17.6 Å². The molecule has 0 heterocycles. The fourth-order valence-corrected chi connectivity index (χ4v) is 0.772. The van der Waals surface area contributed by atoms with Crippen LogP contribution in [0.2, 0.25) is 0 Å². The zero-order valence-corrected chi connectivity index (χ0v) is 7.05. The second kappa shape index (κ2) is 5.03. The minimum atomic E-state index is -0.855. The summed E-state index contributed by atoms with van der Waals surface area (Å²) >= 11 is 0. The van der Waals surface area contributed by atoms with E-state index in [4.69, 9.17) is 5.11 Å². The van der Waals surface area contributed by atoms with Gasteiger partial charge in [-0.1, -0.05) is 18.2 Å². The second-order valence-corrected chi connectivity index (χ2v) is 2.44. The molecule has 0 radical (unpaired) electrons. The molecule has 4 nitrogen and oxygen atoms in total. The van der Waals surface area contributed by atoms with E-state index >= 15 is 0 Å². The number of benzene rings is 1. The van der Waals surface area contributed by atoms with Gasteiger partial charge in [0.25, 0.3) is 0 Å². The molecule has 0 aliphatic rings. The van der Waals surface area contributed by atoms with Gasteiger partial charge < -0.3 is 5.11 Å². The maximum atomic E-state index is 10.1. The van der Waals surface area contributed by atoms with Gasteiger partial charge >= 0.3 is 5.97 Å². The summed E-state index contributed by atoms with van der Waals surface area (Å²) in [4.78, 5) is 10.1. The van der Waals surface area contributed by atoms with Crippen LogP contribution in [0.25, 0.3) is 0 Å². The van der Waals surface area contributed by atoms with Crippen molar-refractivity contribution in [3.63, 3.8) is 0 Å². The lowest BCUT2D eigenvalue weighted by molar-refractivity contribution is -0.136. The summed E-state index contributed by atoms with van der Waals surface area (Å²) in [5.41, 5.74) is 0.743. The molecule has 1 N–H and O–H groups in total. The summed E-state index contributed by atoms with van der Waals surface area (Å²) < 4.78 is 0. The standard InChI is InChI=1S/C9H10N2O2/c12-9(13)6-7-10-11-8-4-2-1-3-5-8/h1-5H,6-7H2,(H,12,13). The summed E-state index contributed by atoms with van der Waals surface area (Å²) in [6.45, 7) is 0.226. The smallest absolute Gasteiger partial charge is 0.305 e. The van der Waals surface area contributed by atoms with Crippen molar-refractivity contribution in [1.29, 1.82) is 0 Å². The Hall–Kier alpha value is -1.71. The van der Waals surface area contributed by atoms with Crippen molar-refractivity contribution in [3.05, 3.63) is 30.3 Å². The third-order valence-electron chi connectivity index (χ3n) is 1.37. The van der Waals surface area contributed by atoms with E-state index in [9.17, 15) is 4.79 Å².